The second kappa shape index (κ2) is 7.44. The van der Waals surface area contributed by atoms with Gasteiger partial charge in [0.2, 0.25) is 0 Å². The first-order valence-electron chi connectivity index (χ1n) is 4.51. The third-order valence-electron chi connectivity index (χ3n) is 1.84. The number of nitrogens with zero attached hydrogens (tertiary/aromatic N) is 2. The average molecular weight is 285 g/mol. The van der Waals surface area contributed by atoms with Crippen LogP contribution in [-0.4, -0.2) is 9.97 Å². The van der Waals surface area contributed by atoms with Gasteiger partial charge in [0.05, 0.1) is 5.02 Å². The number of hydrogen-bond donors (Lipinski definition) is 0. The van der Waals surface area contributed by atoms with E-state index in [0.29, 0.717) is 15.6 Å². The summed E-state index contributed by atoms with van der Waals surface area (Å²) >= 11 is 11.0. The molecular weight excluding hydrogens is 279 g/mol. The molecule has 2 rings (SSSR count). The summed E-state index contributed by atoms with van der Waals surface area (Å²) in [5.74, 6) is 5.79. The van der Waals surface area contributed by atoms with Crippen LogP contribution in [0.15, 0.2) is 41.7 Å². The predicted molar refractivity (Wildman–Crippen MR) is 65.1 cm³/mol. The van der Waals surface area contributed by atoms with Crippen molar-refractivity contribution in [1.82, 2.24) is 9.97 Å². The standard InChI is InChI=1S/C12H7ClN2S.K/c13-12-10(15-7-5-11(12)16)4-3-9-2-1-6-14-8-9;/h1-2,5-8H,(H,15,16);/q;+1/p-1. The van der Waals surface area contributed by atoms with Gasteiger partial charge in [-0.05, 0) is 18.1 Å². The molecule has 0 spiro atoms. The van der Waals surface area contributed by atoms with E-state index in [4.69, 9.17) is 24.2 Å². The zero-order valence-corrected chi connectivity index (χ0v) is 13.8. The van der Waals surface area contributed by atoms with Crippen LogP contribution in [0.4, 0.5) is 0 Å². The molecule has 2 aromatic rings. The van der Waals surface area contributed by atoms with Gasteiger partial charge in [0.15, 0.2) is 0 Å². The summed E-state index contributed by atoms with van der Waals surface area (Å²) in [6.07, 6.45) is 4.97. The molecule has 0 unspecified atom stereocenters. The number of aromatic nitrogens is 2. The molecule has 2 heterocycles. The van der Waals surface area contributed by atoms with Crippen molar-refractivity contribution in [1.29, 1.82) is 0 Å². The maximum atomic E-state index is 5.97. The zero-order valence-electron chi connectivity index (χ0n) is 9.14. The minimum absolute atomic E-state index is 0. The van der Waals surface area contributed by atoms with Gasteiger partial charge in [0.25, 0.3) is 0 Å². The molecule has 78 valence electrons. The van der Waals surface area contributed by atoms with Crippen LogP contribution in [0.3, 0.4) is 0 Å². The van der Waals surface area contributed by atoms with E-state index in [0.717, 1.165) is 5.56 Å². The van der Waals surface area contributed by atoms with Gasteiger partial charge in [-0.1, -0.05) is 23.6 Å². The van der Waals surface area contributed by atoms with Gasteiger partial charge in [0, 0.05) is 24.2 Å². The van der Waals surface area contributed by atoms with E-state index in [-0.39, 0.29) is 51.4 Å². The molecule has 0 radical (unpaired) electrons. The largest absolute Gasteiger partial charge is 1.00 e. The molecule has 0 saturated carbocycles. The molecular formula is C12H6ClKN2S. The summed E-state index contributed by atoms with van der Waals surface area (Å²) in [7, 11) is 0. The fraction of sp³-hybridized carbons (Fsp3) is 0. The fourth-order valence-electron chi connectivity index (χ4n) is 1.08. The SMILES string of the molecule is [K+].[S-]c1ccnc(C#Cc2cccnc2)c1Cl. The smallest absolute Gasteiger partial charge is 0.778 e. The first-order valence-corrected chi connectivity index (χ1v) is 5.29. The minimum atomic E-state index is 0. The first kappa shape index (κ1) is 15.1. The quantitative estimate of drug-likeness (QED) is 0.369. The Morgan fingerprint density at radius 2 is 2.00 bits per heavy atom. The fourth-order valence-corrected chi connectivity index (χ4v) is 1.40. The van der Waals surface area contributed by atoms with Gasteiger partial charge in [0.1, 0.15) is 5.69 Å². The molecule has 5 heteroatoms. The van der Waals surface area contributed by atoms with Gasteiger partial charge >= 0.3 is 51.4 Å². The van der Waals surface area contributed by atoms with Crippen LogP contribution in [0.5, 0.6) is 0 Å². The van der Waals surface area contributed by atoms with E-state index >= 15 is 0 Å². The second-order valence-electron chi connectivity index (χ2n) is 2.96. The molecule has 0 aromatic carbocycles. The summed E-state index contributed by atoms with van der Waals surface area (Å²) in [6, 6.07) is 5.36. The number of halogens is 1. The second-order valence-corrected chi connectivity index (χ2v) is 3.78. The molecule has 0 amide bonds. The van der Waals surface area contributed by atoms with Crippen molar-refractivity contribution in [3.05, 3.63) is 53.1 Å². The van der Waals surface area contributed by atoms with Crippen molar-refractivity contribution in [2.24, 2.45) is 0 Å². The third-order valence-corrected chi connectivity index (χ3v) is 2.68. The normalized spacial score (nSPS) is 8.76. The molecule has 2 nitrogen and oxygen atoms in total. The van der Waals surface area contributed by atoms with Crippen LogP contribution in [0, 0.1) is 11.8 Å². The Bertz CT molecular complexity index is 564. The number of pyridine rings is 2. The van der Waals surface area contributed by atoms with Gasteiger partial charge in [-0.25, -0.2) is 4.98 Å². The minimum Gasteiger partial charge on any atom is -0.778 e. The molecule has 0 aliphatic heterocycles. The average Bonchev–Trinajstić information content (AvgIpc) is 2.32. The first-order chi connectivity index (χ1) is 7.77. The van der Waals surface area contributed by atoms with Crippen LogP contribution in [-0.2, 0) is 12.6 Å². The van der Waals surface area contributed by atoms with Crippen LogP contribution in [0.25, 0.3) is 0 Å². The van der Waals surface area contributed by atoms with Crippen molar-refractivity contribution in [2.75, 3.05) is 0 Å². The van der Waals surface area contributed by atoms with Crippen LogP contribution in [0.1, 0.15) is 11.3 Å². The predicted octanol–water partition coefficient (Wildman–Crippen LogP) is -0.560. The Morgan fingerprint density at radius 1 is 1.18 bits per heavy atom. The molecule has 0 fully saturated rings. The molecule has 0 atom stereocenters. The van der Waals surface area contributed by atoms with E-state index in [1.165, 1.54) is 0 Å². The zero-order chi connectivity index (χ0) is 11.4. The summed E-state index contributed by atoms with van der Waals surface area (Å²) in [4.78, 5) is 8.58. The van der Waals surface area contributed by atoms with Gasteiger partial charge in [-0.2, -0.15) is 4.90 Å². The Labute approximate surface area is 153 Å². The monoisotopic (exact) mass is 284 g/mol. The summed E-state index contributed by atoms with van der Waals surface area (Å²) in [6.45, 7) is 0. The van der Waals surface area contributed by atoms with Crippen LogP contribution >= 0.6 is 11.6 Å². The van der Waals surface area contributed by atoms with E-state index in [1.54, 1.807) is 24.7 Å². The van der Waals surface area contributed by atoms with E-state index in [2.05, 4.69) is 21.8 Å². The van der Waals surface area contributed by atoms with E-state index < -0.39 is 0 Å². The Morgan fingerprint density at radius 3 is 2.71 bits per heavy atom. The maximum Gasteiger partial charge on any atom is 1.00 e. The van der Waals surface area contributed by atoms with E-state index in [1.807, 2.05) is 12.1 Å². The van der Waals surface area contributed by atoms with Crippen molar-refractivity contribution in [3.63, 3.8) is 0 Å². The van der Waals surface area contributed by atoms with Gasteiger partial charge in [-0.15, -0.1) is 0 Å². The van der Waals surface area contributed by atoms with Gasteiger partial charge in [-0.3, -0.25) is 4.98 Å². The number of rotatable bonds is 0. The van der Waals surface area contributed by atoms with Crippen molar-refractivity contribution >= 4 is 24.2 Å². The molecule has 0 bridgehead atoms. The molecule has 0 aliphatic rings. The molecule has 17 heavy (non-hydrogen) atoms. The Hall–Kier alpha value is 0.00636. The third kappa shape index (κ3) is 4.31. The van der Waals surface area contributed by atoms with Crippen LogP contribution < -0.4 is 51.4 Å². The van der Waals surface area contributed by atoms with Crippen molar-refractivity contribution in [2.45, 2.75) is 4.90 Å². The van der Waals surface area contributed by atoms with Gasteiger partial charge < -0.3 is 12.6 Å². The van der Waals surface area contributed by atoms with Crippen LogP contribution in [0.2, 0.25) is 5.02 Å². The summed E-state index contributed by atoms with van der Waals surface area (Å²) in [5, 5.41) is 0.425. The Balaban J connectivity index is 0.00000144. The molecule has 0 aliphatic carbocycles. The summed E-state index contributed by atoms with van der Waals surface area (Å²) < 4.78 is 0. The number of hydrogen-bond acceptors (Lipinski definition) is 3. The Kier molecular flexibility index (Phi) is 6.60. The maximum absolute atomic E-state index is 5.97. The molecule has 0 saturated heterocycles. The topological polar surface area (TPSA) is 25.8 Å². The van der Waals surface area contributed by atoms with Crippen molar-refractivity contribution < 1.29 is 51.4 Å². The van der Waals surface area contributed by atoms with Crippen molar-refractivity contribution in [3.8, 4) is 11.8 Å². The summed E-state index contributed by atoms with van der Waals surface area (Å²) in [5.41, 5.74) is 1.31. The molecule has 0 N–H and O–H groups in total. The molecule has 2 aromatic heterocycles. The van der Waals surface area contributed by atoms with E-state index in [9.17, 15) is 0 Å².